The van der Waals surface area contributed by atoms with Crippen LogP contribution in [0.5, 0.6) is 0 Å². The molecular formula is C24H40N4O6. The smallest absolute Gasteiger partial charge is 0.410 e. The van der Waals surface area contributed by atoms with E-state index in [4.69, 9.17) is 15.2 Å². The molecule has 3 heterocycles. The molecule has 3 rings (SSSR count). The van der Waals surface area contributed by atoms with Crippen molar-refractivity contribution in [1.29, 1.82) is 0 Å². The van der Waals surface area contributed by atoms with Gasteiger partial charge >= 0.3 is 12.2 Å². The number of alkyl carbamates (subject to hydrolysis) is 1. The molecule has 4 amide bonds. The maximum atomic E-state index is 13.6. The van der Waals surface area contributed by atoms with Crippen molar-refractivity contribution in [3.8, 4) is 0 Å². The first-order chi connectivity index (χ1) is 15.7. The number of hydrogen-bond donors (Lipinski definition) is 2. The van der Waals surface area contributed by atoms with Crippen molar-refractivity contribution in [2.75, 3.05) is 6.54 Å². The van der Waals surface area contributed by atoms with Crippen LogP contribution in [0, 0.1) is 5.92 Å². The van der Waals surface area contributed by atoms with Crippen LogP contribution >= 0.6 is 0 Å². The van der Waals surface area contributed by atoms with Crippen LogP contribution in [0.2, 0.25) is 0 Å². The van der Waals surface area contributed by atoms with E-state index in [1.165, 1.54) is 4.90 Å². The van der Waals surface area contributed by atoms with E-state index >= 15 is 0 Å². The standard InChI is InChI=1S/C24H40N4O6/c1-23(2,3)33-21(31)26-18(20(30)27-11-7-8-17(27)19(25)29)14-12-15-9-10-16(13-14)28(15)22(32)34-24(4,5)6/h14-18H,7-13H2,1-6H3,(H2,25,29)(H,26,31)/t15-,16-,17-,18-/m0/s1. The van der Waals surface area contributed by atoms with Crippen molar-refractivity contribution in [3.05, 3.63) is 0 Å². The molecule has 0 aromatic rings. The summed E-state index contributed by atoms with van der Waals surface area (Å²) in [5.74, 6) is -1.06. The van der Waals surface area contributed by atoms with E-state index in [0.29, 0.717) is 32.2 Å². The van der Waals surface area contributed by atoms with Crippen molar-refractivity contribution in [3.63, 3.8) is 0 Å². The number of piperidine rings is 1. The van der Waals surface area contributed by atoms with E-state index in [-0.39, 0.29) is 30.0 Å². The number of nitrogens with zero attached hydrogens (tertiary/aromatic N) is 2. The molecule has 3 N–H and O–H groups in total. The van der Waals surface area contributed by atoms with Crippen LogP contribution < -0.4 is 11.1 Å². The summed E-state index contributed by atoms with van der Waals surface area (Å²) < 4.78 is 11.0. The van der Waals surface area contributed by atoms with Gasteiger partial charge in [-0.25, -0.2) is 9.59 Å². The van der Waals surface area contributed by atoms with Crippen LogP contribution in [0.15, 0.2) is 0 Å². The second-order valence-corrected chi connectivity index (χ2v) is 11.7. The first-order valence-electron chi connectivity index (χ1n) is 12.3. The molecule has 4 atom stereocenters. The third kappa shape index (κ3) is 6.13. The van der Waals surface area contributed by atoms with Gasteiger partial charge in [0.2, 0.25) is 11.8 Å². The van der Waals surface area contributed by atoms with Gasteiger partial charge in [-0.1, -0.05) is 0 Å². The average molecular weight is 481 g/mol. The lowest BCUT2D eigenvalue weighted by Gasteiger charge is -2.42. The highest BCUT2D eigenvalue weighted by Crippen LogP contribution is 2.41. The second-order valence-electron chi connectivity index (χ2n) is 11.7. The Kier molecular flexibility index (Phi) is 7.38. The fourth-order valence-electron chi connectivity index (χ4n) is 5.42. The van der Waals surface area contributed by atoms with Gasteiger partial charge in [0.05, 0.1) is 0 Å². The van der Waals surface area contributed by atoms with E-state index in [9.17, 15) is 19.2 Å². The fraction of sp³-hybridized carbons (Fsp3) is 0.833. The van der Waals surface area contributed by atoms with Gasteiger partial charge in [-0.3, -0.25) is 9.59 Å². The lowest BCUT2D eigenvalue weighted by molar-refractivity contribution is -0.140. The van der Waals surface area contributed by atoms with Crippen LogP contribution in [0.25, 0.3) is 0 Å². The summed E-state index contributed by atoms with van der Waals surface area (Å²) in [5, 5.41) is 2.79. The van der Waals surface area contributed by atoms with Crippen molar-refractivity contribution < 1.29 is 28.7 Å². The summed E-state index contributed by atoms with van der Waals surface area (Å²) in [6.07, 6.45) is 2.93. The Bertz CT molecular complexity index is 803. The second kappa shape index (κ2) is 9.62. The zero-order chi connectivity index (χ0) is 25.4. The number of amides is 4. The maximum Gasteiger partial charge on any atom is 0.410 e. The Balaban J connectivity index is 1.80. The molecule has 0 aliphatic carbocycles. The van der Waals surface area contributed by atoms with Gasteiger partial charge < -0.3 is 30.3 Å². The summed E-state index contributed by atoms with van der Waals surface area (Å²) in [6, 6.07) is -1.67. The summed E-state index contributed by atoms with van der Waals surface area (Å²) in [4.78, 5) is 54.4. The number of primary amides is 1. The molecule has 3 fully saturated rings. The summed E-state index contributed by atoms with van der Waals surface area (Å²) >= 11 is 0. The quantitative estimate of drug-likeness (QED) is 0.636. The first kappa shape index (κ1) is 26.1. The van der Waals surface area contributed by atoms with Crippen molar-refractivity contribution >= 4 is 24.0 Å². The fourth-order valence-corrected chi connectivity index (χ4v) is 5.42. The summed E-state index contributed by atoms with van der Waals surface area (Å²) in [7, 11) is 0. The molecular weight excluding hydrogens is 440 g/mol. The Labute approximate surface area is 201 Å². The topological polar surface area (TPSA) is 131 Å². The number of likely N-dealkylation sites (tertiary alicyclic amines) is 1. The van der Waals surface area contributed by atoms with Crippen LogP contribution in [-0.2, 0) is 19.1 Å². The number of nitrogens with two attached hydrogens (primary N) is 1. The predicted octanol–water partition coefficient (Wildman–Crippen LogP) is 2.53. The van der Waals surface area contributed by atoms with Gasteiger partial charge in [0.1, 0.15) is 23.3 Å². The van der Waals surface area contributed by atoms with Crippen LogP contribution in [0.4, 0.5) is 9.59 Å². The molecule has 0 saturated carbocycles. The highest BCUT2D eigenvalue weighted by Gasteiger charge is 2.49. The zero-order valence-corrected chi connectivity index (χ0v) is 21.3. The molecule has 0 radical (unpaired) electrons. The Morgan fingerprint density at radius 2 is 1.47 bits per heavy atom. The molecule has 3 saturated heterocycles. The third-order valence-electron chi connectivity index (χ3n) is 6.65. The lowest BCUT2D eigenvalue weighted by Crippen LogP contribution is -2.59. The SMILES string of the molecule is CC(C)(C)OC(=O)N[C@H](C(=O)N1CCC[C@H]1C(N)=O)C1C[C@@H]2CC[C@@H](C1)N2C(=O)OC(C)(C)C. The lowest BCUT2D eigenvalue weighted by atomic mass is 9.84. The Morgan fingerprint density at radius 3 is 1.97 bits per heavy atom. The molecule has 192 valence electrons. The zero-order valence-electron chi connectivity index (χ0n) is 21.3. The number of carbonyl (C=O) groups excluding carboxylic acids is 4. The molecule has 10 heteroatoms. The van der Waals surface area contributed by atoms with E-state index in [0.717, 1.165) is 12.8 Å². The van der Waals surface area contributed by atoms with Crippen molar-refractivity contribution in [1.82, 2.24) is 15.1 Å². The number of ether oxygens (including phenoxy) is 2. The van der Waals surface area contributed by atoms with Gasteiger partial charge in [-0.15, -0.1) is 0 Å². The average Bonchev–Trinajstić information content (AvgIpc) is 3.26. The number of nitrogens with one attached hydrogen (secondary N) is 1. The predicted molar refractivity (Wildman–Crippen MR) is 125 cm³/mol. The van der Waals surface area contributed by atoms with Gasteiger partial charge in [-0.05, 0) is 86.0 Å². The van der Waals surface area contributed by atoms with Crippen LogP contribution in [0.1, 0.15) is 80.1 Å². The minimum atomic E-state index is -0.862. The molecule has 2 bridgehead atoms. The largest absolute Gasteiger partial charge is 0.444 e. The number of carbonyl (C=O) groups is 4. The minimum absolute atomic E-state index is 0.0696. The maximum absolute atomic E-state index is 13.6. The van der Waals surface area contributed by atoms with E-state index in [2.05, 4.69) is 5.32 Å². The summed E-state index contributed by atoms with van der Waals surface area (Å²) in [6.45, 7) is 11.2. The van der Waals surface area contributed by atoms with Crippen LogP contribution in [0.3, 0.4) is 0 Å². The molecule has 3 aliphatic heterocycles. The third-order valence-corrected chi connectivity index (χ3v) is 6.65. The number of fused-ring (bicyclic) bond motifs is 2. The molecule has 0 unspecified atom stereocenters. The highest BCUT2D eigenvalue weighted by molar-refractivity contribution is 5.91. The molecule has 0 aromatic carbocycles. The number of rotatable bonds is 4. The molecule has 0 aromatic heterocycles. The molecule has 3 aliphatic rings. The van der Waals surface area contributed by atoms with E-state index < -0.39 is 35.3 Å². The monoisotopic (exact) mass is 480 g/mol. The molecule has 0 spiro atoms. The normalized spacial score (nSPS) is 27.8. The van der Waals surface area contributed by atoms with Gasteiger partial charge in [0, 0.05) is 18.6 Å². The van der Waals surface area contributed by atoms with Gasteiger partial charge in [-0.2, -0.15) is 0 Å². The Morgan fingerprint density at radius 1 is 0.912 bits per heavy atom. The highest BCUT2D eigenvalue weighted by atomic mass is 16.6. The number of hydrogen-bond acceptors (Lipinski definition) is 6. The van der Waals surface area contributed by atoms with E-state index in [1.54, 1.807) is 25.7 Å². The van der Waals surface area contributed by atoms with Crippen molar-refractivity contribution in [2.24, 2.45) is 11.7 Å². The summed E-state index contributed by atoms with van der Waals surface area (Å²) in [5.41, 5.74) is 4.23. The van der Waals surface area contributed by atoms with Crippen LogP contribution in [-0.4, -0.2) is 75.7 Å². The van der Waals surface area contributed by atoms with Gasteiger partial charge in [0.15, 0.2) is 0 Å². The van der Waals surface area contributed by atoms with Gasteiger partial charge in [0.25, 0.3) is 0 Å². The Hall–Kier alpha value is -2.52. The van der Waals surface area contributed by atoms with Crippen molar-refractivity contribution in [2.45, 2.75) is 115 Å². The first-order valence-corrected chi connectivity index (χ1v) is 12.3. The van der Waals surface area contributed by atoms with E-state index in [1.807, 2.05) is 20.8 Å². The molecule has 10 nitrogen and oxygen atoms in total. The minimum Gasteiger partial charge on any atom is -0.444 e. The molecule has 34 heavy (non-hydrogen) atoms.